The fraction of sp³-hybridized carbons (Fsp3) is 0.700. The lowest BCUT2D eigenvalue weighted by atomic mass is 10.2. The van der Waals surface area contributed by atoms with Crippen LogP contribution in [0, 0.1) is 0 Å². The van der Waals surface area contributed by atoms with Crippen molar-refractivity contribution in [1.29, 1.82) is 0 Å². The van der Waals surface area contributed by atoms with E-state index in [4.69, 9.17) is 5.11 Å². The third kappa shape index (κ3) is 4.24. The molecule has 1 aromatic rings. The molecule has 0 radical (unpaired) electrons. The number of aromatic nitrogens is 2. The fourth-order valence-corrected chi connectivity index (χ4v) is 1.84. The predicted octanol–water partition coefficient (Wildman–Crippen LogP) is 0.624. The van der Waals surface area contributed by atoms with Gasteiger partial charge >= 0.3 is 0 Å². The Morgan fingerprint density at radius 1 is 1.67 bits per heavy atom. The SMILES string of the molecule is CSCCC(CO)NCc1nccn1C. The van der Waals surface area contributed by atoms with E-state index in [9.17, 15) is 0 Å². The van der Waals surface area contributed by atoms with Crippen LogP contribution in [0.25, 0.3) is 0 Å². The zero-order valence-electron chi connectivity index (χ0n) is 9.31. The number of nitrogens with one attached hydrogen (secondary N) is 1. The number of hydrogen-bond acceptors (Lipinski definition) is 4. The van der Waals surface area contributed by atoms with E-state index in [1.807, 2.05) is 17.8 Å². The Balaban J connectivity index is 2.31. The number of hydrogen-bond donors (Lipinski definition) is 2. The van der Waals surface area contributed by atoms with E-state index in [1.54, 1.807) is 18.0 Å². The highest BCUT2D eigenvalue weighted by atomic mass is 32.2. The molecule has 1 heterocycles. The van der Waals surface area contributed by atoms with Crippen LogP contribution in [0.2, 0.25) is 0 Å². The van der Waals surface area contributed by atoms with E-state index in [-0.39, 0.29) is 12.6 Å². The van der Waals surface area contributed by atoms with Gasteiger partial charge in [-0.1, -0.05) is 0 Å². The molecular weight excluding hydrogens is 210 g/mol. The van der Waals surface area contributed by atoms with Gasteiger partial charge in [-0.3, -0.25) is 0 Å². The summed E-state index contributed by atoms with van der Waals surface area (Å²) in [4.78, 5) is 4.22. The minimum Gasteiger partial charge on any atom is -0.395 e. The summed E-state index contributed by atoms with van der Waals surface area (Å²) in [5.41, 5.74) is 0. The van der Waals surface area contributed by atoms with Gasteiger partial charge in [-0.2, -0.15) is 11.8 Å². The molecule has 1 atom stereocenters. The molecule has 0 spiro atoms. The van der Waals surface area contributed by atoms with Crippen molar-refractivity contribution in [3.05, 3.63) is 18.2 Å². The molecule has 86 valence electrons. The monoisotopic (exact) mass is 229 g/mol. The zero-order chi connectivity index (χ0) is 11.1. The molecule has 0 aliphatic rings. The highest BCUT2D eigenvalue weighted by Gasteiger charge is 2.07. The molecule has 1 unspecified atom stereocenters. The summed E-state index contributed by atoms with van der Waals surface area (Å²) in [6, 6.07) is 0.175. The van der Waals surface area contributed by atoms with Crippen molar-refractivity contribution in [2.45, 2.75) is 19.0 Å². The van der Waals surface area contributed by atoms with Crippen molar-refractivity contribution < 1.29 is 5.11 Å². The highest BCUT2D eigenvalue weighted by molar-refractivity contribution is 7.98. The molecule has 2 N–H and O–H groups in total. The number of thioether (sulfide) groups is 1. The van der Waals surface area contributed by atoms with E-state index in [2.05, 4.69) is 16.6 Å². The Bertz CT molecular complexity index is 277. The van der Waals surface area contributed by atoms with E-state index in [1.165, 1.54) is 0 Å². The smallest absolute Gasteiger partial charge is 0.122 e. The Morgan fingerprint density at radius 2 is 2.47 bits per heavy atom. The minimum atomic E-state index is 0.175. The first kappa shape index (κ1) is 12.5. The number of rotatable bonds is 7. The van der Waals surface area contributed by atoms with Crippen LogP contribution in [0.5, 0.6) is 0 Å². The summed E-state index contributed by atoms with van der Waals surface area (Å²) in [6.07, 6.45) is 6.77. The molecule has 1 aromatic heterocycles. The first-order chi connectivity index (χ1) is 7.27. The maximum absolute atomic E-state index is 9.15. The fourth-order valence-electron chi connectivity index (χ4n) is 1.32. The summed E-state index contributed by atoms with van der Waals surface area (Å²) in [5.74, 6) is 2.07. The molecule has 0 aliphatic heterocycles. The first-order valence-corrected chi connectivity index (χ1v) is 6.46. The molecule has 0 aliphatic carbocycles. The first-order valence-electron chi connectivity index (χ1n) is 5.07. The Kier molecular flexibility index (Phi) is 5.75. The molecule has 0 bridgehead atoms. The Labute approximate surface area is 95.1 Å². The van der Waals surface area contributed by atoms with Crippen LogP contribution in [0.3, 0.4) is 0 Å². The second-order valence-corrected chi connectivity index (χ2v) is 4.48. The van der Waals surface area contributed by atoms with Gasteiger partial charge in [0.2, 0.25) is 0 Å². The van der Waals surface area contributed by atoms with Gasteiger partial charge in [-0.15, -0.1) is 0 Å². The van der Waals surface area contributed by atoms with E-state index >= 15 is 0 Å². The van der Waals surface area contributed by atoms with Gasteiger partial charge in [-0.25, -0.2) is 4.98 Å². The van der Waals surface area contributed by atoms with E-state index in [0.29, 0.717) is 6.54 Å². The van der Waals surface area contributed by atoms with E-state index < -0.39 is 0 Å². The zero-order valence-corrected chi connectivity index (χ0v) is 10.1. The van der Waals surface area contributed by atoms with Crippen molar-refractivity contribution in [2.75, 3.05) is 18.6 Å². The number of nitrogens with zero attached hydrogens (tertiary/aromatic N) is 2. The topological polar surface area (TPSA) is 50.1 Å². The number of aliphatic hydroxyl groups excluding tert-OH is 1. The normalized spacial score (nSPS) is 13.0. The predicted molar refractivity (Wildman–Crippen MR) is 63.9 cm³/mol. The van der Waals surface area contributed by atoms with Crippen LogP contribution >= 0.6 is 11.8 Å². The summed E-state index contributed by atoms with van der Waals surface area (Å²) >= 11 is 1.80. The second-order valence-electron chi connectivity index (χ2n) is 3.50. The number of aryl methyl sites for hydroxylation is 1. The molecule has 5 heteroatoms. The van der Waals surface area contributed by atoms with Crippen LogP contribution in [0.15, 0.2) is 12.4 Å². The molecular formula is C10H19N3OS. The molecule has 0 aromatic carbocycles. The van der Waals surface area contributed by atoms with Gasteiger partial charge < -0.3 is 15.0 Å². The van der Waals surface area contributed by atoms with Crippen molar-refractivity contribution in [3.8, 4) is 0 Å². The summed E-state index contributed by atoms with van der Waals surface area (Å²) < 4.78 is 1.98. The third-order valence-corrected chi connectivity index (χ3v) is 3.00. The number of imidazole rings is 1. The van der Waals surface area contributed by atoms with Gasteiger partial charge in [0.15, 0.2) is 0 Å². The average molecular weight is 229 g/mol. The minimum absolute atomic E-state index is 0.175. The quantitative estimate of drug-likeness (QED) is 0.720. The van der Waals surface area contributed by atoms with Crippen LogP contribution in [-0.4, -0.2) is 39.3 Å². The highest BCUT2D eigenvalue weighted by Crippen LogP contribution is 2.01. The summed E-state index contributed by atoms with van der Waals surface area (Å²) in [5, 5.41) is 12.5. The maximum atomic E-state index is 9.15. The molecule has 0 fully saturated rings. The summed E-state index contributed by atoms with van der Waals surface area (Å²) in [7, 11) is 1.97. The molecule has 15 heavy (non-hydrogen) atoms. The molecule has 0 saturated carbocycles. The average Bonchev–Trinajstić information content (AvgIpc) is 2.65. The molecule has 0 saturated heterocycles. The van der Waals surface area contributed by atoms with Crippen LogP contribution < -0.4 is 5.32 Å². The van der Waals surface area contributed by atoms with Gasteiger partial charge in [0.05, 0.1) is 13.2 Å². The largest absolute Gasteiger partial charge is 0.395 e. The van der Waals surface area contributed by atoms with Crippen molar-refractivity contribution in [1.82, 2.24) is 14.9 Å². The molecule has 0 amide bonds. The maximum Gasteiger partial charge on any atom is 0.122 e. The summed E-state index contributed by atoms with van der Waals surface area (Å²) in [6.45, 7) is 0.897. The van der Waals surface area contributed by atoms with Crippen molar-refractivity contribution in [2.24, 2.45) is 7.05 Å². The van der Waals surface area contributed by atoms with Crippen LogP contribution in [0.4, 0.5) is 0 Å². The van der Waals surface area contributed by atoms with Crippen LogP contribution in [-0.2, 0) is 13.6 Å². The second kappa shape index (κ2) is 6.87. The van der Waals surface area contributed by atoms with Gasteiger partial charge in [0.1, 0.15) is 5.82 Å². The van der Waals surface area contributed by atoms with E-state index in [0.717, 1.165) is 18.0 Å². The lowest BCUT2D eigenvalue weighted by Crippen LogP contribution is -2.33. The Morgan fingerprint density at radius 3 is 3.00 bits per heavy atom. The number of aliphatic hydroxyl groups is 1. The standard InChI is InChI=1S/C10H19N3OS/c1-13-5-4-11-10(13)7-12-9(8-14)3-6-15-2/h4-5,9,12,14H,3,6-8H2,1-2H3. The van der Waals surface area contributed by atoms with Crippen molar-refractivity contribution >= 4 is 11.8 Å². The molecule has 1 rings (SSSR count). The molecule has 4 nitrogen and oxygen atoms in total. The van der Waals surface area contributed by atoms with Gasteiger partial charge in [0.25, 0.3) is 0 Å². The lowest BCUT2D eigenvalue weighted by molar-refractivity contribution is 0.238. The van der Waals surface area contributed by atoms with Gasteiger partial charge in [0, 0.05) is 25.5 Å². The van der Waals surface area contributed by atoms with Gasteiger partial charge in [-0.05, 0) is 18.4 Å². The third-order valence-electron chi connectivity index (χ3n) is 2.36. The van der Waals surface area contributed by atoms with Crippen LogP contribution in [0.1, 0.15) is 12.2 Å². The van der Waals surface area contributed by atoms with Crippen molar-refractivity contribution in [3.63, 3.8) is 0 Å². The Hall–Kier alpha value is -0.520. The lowest BCUT2D eigenvalue weighted by Gasteiger charge is -2.15.